The van der Waals surface area contributed by atoms with Crippen LogP contribution in [0.15, 0.2) is 0 Å². The first-order valence-corrected chi connectivity index (χ1v) is 6.43. The van der Waals surface area contributed by atoms with Gasteiger partial charge >= 0.3 is 0 Å². The molecule has 16 heavy (non-hydrogen) atoms. The second-order valence-corrected chi connectivity index (χ2v) is 5.76. The van der Waals surface area contributed by atoms with Crippen molar-refractivity contribution >= 4 is 6.29 Å². The highest BCUT2D eigenvalue weighted by Crippen LogP contribution is 2.31. The molecule has 2 aliphatic heterocycles. The van der Waals surface area contributed by atoms with E-state index in [2.05, 4.69) is 18.7 Å². The van der Waals surface area contributed by atoms with Crippen molar-refractivity contribution in [2.24, 2.45) is 11.3 Å². The van der Waals surface area contributed by atoms with Crippen LogP contribution in [0.25, 0.3) is 0 Å². The van der Waals surface area contributed by atoms with Gasteiger partial charge in [0.25, 0.3) is 0 Å². The molecule has 2 rings (SSSR count). The lowest BCUT2D eigenvalue weighted by Gasteiger charge is -2.36. The van der Waals surface area contributed by atoms with E-state index in [1.807, 2.05) is 0 Å². The first-order chi connectivity index (χ1) is 7.65. The average Bonchev–Trinajstić information content (AvgIpc) is 2.59. The molecule has 0 radical (unpaired) electrons. The van der Waals surface area contributed by atoms with Gasteiger partial charge in [0.1, 0.15) is 6.29 Å². The molecule has 3 atom stereocenters. The summed E-state index contributed by atoms with van der Waals surface area (Å²) in [5.74, 6) is 0.767. The lowest BCUT2D eigenvalue weighted by atomic mass is 9.83. The van der Waals surface area contributed by atoms with Gasteiger partial charge in [0.05, 0.1) is 12.0 Å². The Bertz CT molecular complexity index is 248. The van der Waals surface area contributed by atoms with E-state index in [9.17, 15) is 4.79 Å². The second kappa shape index (κ2) is 4.84. The Hall–Kier alpha value is -0.410. The number of rotatable bonds is 3. The predicted octanol–water partition coefficient (Wildman–Crippen LogP) is 1.71. The summed E-state index contributed by atoms with van der Waals surface area (Å²) in [5.41, 5.74) is -0.226. The summed E-state index contributed by atoms with van der Waals surface area (Å²) in [7, 11) is 0. The fraction of sp³-hybridized carbons (Fsp3) is 0.923. The number of hydrogen-bond acceptors (Lipinski definition) is 3. The fourth-order valence-corrected chi connectivity index (χ4v) is 3.14. The van der Waals surface area contributed by atoms with Gasteiger partial charge in [0, 0.05) is 25.7 Å². The SMILES string of the molecule is CC1CC(C)N(CC2(C=O)CCCOC2)C1. The van der Waals surface area contributed by atoms with Crippen LogP contribution in [0, 0.1) is 11.3 Å². The van der Waals surface area contributed by atoms with Gasteiger partial charge in [-0.3, -0.25) is 4.90 Å². The number of nitrogens with zero attached hydrogens (tertiary/aromatic N) is 1. The number of hydrogen-bond donors (Lipinski definition) is 0. The maximum absolute atomic E-state index is 11.4. The quantitative estimate of drug-likeness (QED) is 0.685. The van der Waals surface area contributed by atoms with E-state index >= 15 is 0 Å². The summed E-state index contributed by atoms with van der Waals surface area (Å²) in [6.07, 6.45) is 4.42. The molecule has 2 saturated heterocycles. The highest BCUT2D eigenvalue weighted by atomic mass is 16.5. The molecule has 0 spiro atoms. The summed E-state index contributed by atoms with van der Waals surface area (Å²) in [4.78, 5) is 13.8. The van der Waals surface area contributed by atoms with Crippen molar-refractivity contribution in [2.75, 3.05) is 26.3 Å². The van der Waals surface area contributed by atoms with E-state index in [0.717, 1.165) is 44.7 Å². The van der Waals surface area contributed by atoms with Gasteiger partial charge in [-0.1, -0.05) is 6.92 Å². The van der Waals surface area contributed by atoms with Gasteiger partial charge in [-0.25, -0.2) is 0 Å². The second-order valence-electron chi connectivity index (χ2n) is 5.76. The molecule has 0 N–H and O–H groups in total. The van der Waals surface area contributed by atoms with Gasteiger partial charge in [-0.05, 0) is 32.1 Å². The molecule has 3 unspecified atom stereocenters. The zero-order valence-corrected chi connectivity index (χ0v) is 10.4. The molecule has 92 valence electrons. The Labute approximate surface area is 98.1 Å². The third-order valence-corrected chi connectivity index (χ3v) is 4.03. The van der Waals surface area contributed by atoms with E-state index in [1.165, 1.54) is 6.42 Å². The van der Waals surface area contributed by atoms with Crippen LogP contribution in [0.3, 0.4) is 0 Å². The van der Waals surface area contributed by atoms with E-state index < -0.39 is 0 Å². The van der Waals surface area contributed by atoms with Crippen LogP contribution in [0.5, 0.6) is 0 Å². The molecule has 2 aliphatic rings. The molecule has 0 aromatic rings. The summed E-state index contributed by atoms with van der Waals surface area (Å²) in [5, 5.41) is 0. The molecule has 0 aromatic carbocycles. The Balaban J connectivity index is 1.98. The molecule has 2 fully saturated rings. The topological polar surface area (TPSA) is 29.5 Å². The third kappa shape index (κ3) is 2.46. The van der Waals surface area contributed by atoms with Crippen molar-refractivity contribution in [3.8, 4) is 0 Å². The summed E-state index contributed by atoms with van der Waals surface area (Å²) in [6.45, 7) is 8.03. The van der Waals surface area contributed by atoms with Crippen LogP contribution in [0.4, 0.5) is 0 Å². The van der Waals surface area contributed by atoms with Crippen molar-refractivity contribution in [1.29, 1.82) is 0 Å². The first kappa shape index (κ1) is 12.1. The standard InChI is InChI=1S/C13H23NO2/c1-11-6-12(2)14(7-11)8-13(9-15)4-3-5-16-10-13/h9,11-12H,3-8,10H2,1-2H3. The molecule has 2 heterocycles. The van der Waals surface area contributed by atoms with Crippen molar-refractivity contribution in [3.63, 3.8) is 0 Å². The van der Waals surface area contributed by atoms with Gasteiger partial charge in [-0.15, -0.1) is 0 Å². The Morgan fingerprint density at radius 1 is 1.50 bits per heavy atom. The van der Waals surface area contributed by atoms with Crippen molar-refractivity contribution in [1.82, 2.24) is 4.90 Å². The van der Waals surface area contributed by atoms with Gasteiger partial charge < -0.3 is 9.53 Å². The molecule has 3 nitrogen and oxygen atoms in total. The van der Waals surface area contributed by atoms with Crippen LogP contribution in [-0.2, 0) is 9.53 Å². The van der Waals surface area contributed by atoms with E-state index in [1.54, 1.807) is 0 Å². The molecule has 0 bridgehead atoms. The Kier molecular flexibility index (Phi) is 3.65. The van der Waals surface area contributed by atoms with Crippen LogP contribution < -0.4 is 0 Å². The molecule has 3 heteroatoms. The van der Waals surface area contributed by atoms with Crippen LogP contribution >= 0.6 is 0 Å². The van der Waals surface area contributed by atoms with Crippen LogP contribution in [-0.4, -0.2) is 43.5 Å². The first-order valence-electron chi connectivity index (χ1n) is 6.43. The van der Waals surface area contributed by atoms with Crippen LogP contribution in [0.1, 0.15) is 33.1 Å². The predicted molar refractivity (Wildman–Crippen MR) is 63.4 cm³/mol. The van der Waals surface area contributed by atoms with Gasteiger partial charge in [0.2, 0.25) is 0 Å². The molecular weight excluding hydrogens is 202 g/mol. The maximum Gasteiger partial charge on any atom is 0.129 e. The summed E-state index contributed by atoms with van der Waals surface area (Å²) in [6, 6.07) is 0.619. The zero-order chi connectivity index (χ0) is 11.6. The number of carbonyl (C=O) groups excluding carboxylic acids is 1. The highest BCUT2D eigenvalue weighted by Gasteiger charge is 2.38. The number of aldehydes is 1. The minimum absolute atomic E-state index is 0.226. The van der Waals surface area contributed by atoms with Crippen molar-refractivity contribution < 1.29 is 9.53 Å². The lowest BCUT2D eigenvalue weighted by molar-refractivity contribution is -0.125. The number of carbonyl (C=O) groups is 1. The van der Waals surface area contributed by atoms with Gasteiger partial charge in [-0.2, -0.15) is 0 Å². The van der Waals surface area contributed by atoms with E-state index in [0.29, 0.717) is 12.6 Å². The highest BCUT2D eigenvalue weighted by molar-refractivity contribution is 5.60. The van der Waals surface area contributed by atoms with E-state index in [-0.39, 0.29) is 5.41 Å². The zero-order valence-electron chi connectivity index (χ0n) is 10.4. The smallest absolute Gasteiger partial charge is 0.129 e. The largest absolute Gasteiger partial charge is 0.380 e. The fourth-order valence-electron chi connectivity index (χ4n) is 3.14. The van der Waals surface area contributed by atoms with Crippen molar-refractivity contribution in [2.45, 2.75) is 39.2 Å². The Morgan fingerprint density at radius 3 is 2.81 bits per heavy atom. The molecule has 0 aliphatic carbocycles. The van der Waals surface area contributed by atoms with Gasteiger partial charge in [0.15, 0.2) is 0 Å². The number of ether oxygens (including phenoxy) is 1. The summed E-state index contributed by atoms with van der Waals surface area (Å²) < 4.78 is 5.49. The lowest BCUT2D eigenvalue weighted by Crippen LogP contribution is -2.45. The molecule has 0 saturated carbocycles. The van der Waals surface area contributed by atoms with E-state index in [4.69, 9.17) is 4.74 Å². The average molecular weight is 225 g/mol. The Morgan fingerprint density at radius 2 is 2.31 bits per heavy atom. The van der Waals surface area contributed by atoms with Crippen LogP contribution in [0.2, 0.25) is 0 Å². The minimum atomic E-state index is -0.226. The normalized spacial score (nSPS) is 41.1. The summed E-state index contributed by atoms with van der Waals surface area (Å²) >= 11 is 0. The minimum Gasteiger partial charge on any atom is -0.380 e. The number of likely N-dealkylation sites (tertiary alicyclic amines) is 1. The van der Waals surface area contributed by atoms with Crippen molar-refractivity contribution in [3.05, 3.63) is 0 Å². The third-order valence-electron chi connectivity index (χ3n) is 4.03. The molecule has 0 amide bonds. The monoisotopic (exact) mass is 225 g/mol. The molecular formula is C13H23NO2. The molecule has 0 aromatic heterocycles. The maximum atomic E-state index is 11.4.